The van der Waals surface area contributed by atoms with E-state index in [-0.39, 0.29) is 10.9 Å². The number of hydrogen-bond acceptors (Lipinski definition) is 2. The number of rotatable bonds is 5. The molecule has 0 aliphatic carbocycles. The van der Waals surface area contributed by atoms with Crippen LogP contribution in [0.5, 0.6) is 0 Å². The van der Waals surface area contributed by atoms with Crippen molar-refractivity contribution in [2.75, 3.05) is 11.9 Å². The Labute approximate surface area is 119 Å². The summed E-state index contributed by atoms with van der Waals surface area (Å²) in [4.78, 5) is 11.7. The summed E-state index contributed by atoms with van der Waals surface area (Å²) in [6.45, 7) is 4.33. The molecule has 1 amide bonds. The van der Waals surface area contributed by atoms with Crippen molar-refractivity contribution in [2.45, 2.75) is 26.3 Å². The normalized spacial score (nSPS) is 12.1. The Balaban J connectivity index is 2.75. The fourth-order valence-corrected chi connectivity index (χ4v) is 2.28. The molecule has 1 unspecified atom stereocenters. The molecule has 0 radical (unpaired) electrons. The van der Waals surface area contributed by atoms with Crippen molar-refractivity contribution in [1.82, 2.24) is 5.32 Å². The van der Waals surface area contributed by atoms with Crippen LogP contribution in [0.1, 0.15) is 20.3 Å². The number of nitrogens with one attached hydrogen (secondary N) is 2. The smallest absolute Gasteiger partial charge is 0.242 e. The number of carbonyl (C=O) groups excluding carboxylic acids is 1. The van der Waals surface area contributed by atoms with Crippen molar-refractivity contribution in [3.8, 4) is 0 Å². The van der Waals surface area contributed by atoms with Gasteiger partial charge in [-0.15, -0.1) is 0 Å². The van der Waals surface area contributed by atoms with E-state index in [9.17, 15) is 9.18 Å². The summed E-state index contributed by atoms with van der Waals surface area (Å²) in [5.41, 5.74) is 0.511. The number of halogens is 3. The fraction of sp³-hybridized carbons (Fsp3) is 0.417. The number of hydrogen-bond donors (Lipinski definition) is 2. The molecule has 0 aromatic heterocycles. The first-order valence-corrected chi connectivity index (χ1v) is 6.81. The fourth-order valence-electron chi connectivity index (χ4n) is 1.36. The molecule has 2 N–H and O–H groups in total. The van der Waals surface area contributed by atoms with Gasteiger partial charge in [0.2, 0.25) is 5.91 Å². The molecule has 3 nitrogen and oxygen atoms in total. The molecule has 0 bridgehead atoms. The predicted molar refractivity (Wildman–Crippen MR) is 75.5 cm³/mol. The summed E-state index contributed by atoms with van der Waals surface area (Å²) in [7, 11) is 0. The van der Waals surface area contributed by atoms with Crippen LogP contribution in [0.15, 0.2) is 16.6 Å². The molecule has 0 aliphatic heterocycles. The highest BCUT2D eigenvalue weighted by atomic mass is 79.9. The molecular formula is C12H15BrClFN2O. The Morgan fingerprint density at radius 3 is 2.78 bits per heavy atom. The van der Waals surface area contributed by atoms with E-state index in [2.05, 4.69) is 26.6 Å². The molecule has 100 valence electrons. The second-order valence-electron chi connectivity index (χ2n) is 3.90. The minimum atomic E-state index is -0.448. The van der Waals surface area contributed by atoms with Crippen LogP contribution >= 0.6 is 27.5 Å². The van der Waals surface area contributed by atoms with Gasteiger partial charge in [0.15, 0.2) is 0 Å². The second-order valence-corrected chi connectivity index (χ2v) is 5.16. The molecule has 1 aromatic rings. The molecule has 0 aliphatic rings. The molecule has 0 saturated carbocycles. The van der Waals surface area contributed by atoms with Crippen molar-refractivity contribution < 1.29 is 9.18 Å². The van der Waals surface area contributed by atoms with Crippen LogP contribution in [0.4, 0.5) is 10.1 Å². The van der Waals surface area contributed by atoms with Gasteiger partial charge in [0.25, 0.3) is 0 Å². The molecule has 1 atom stereocenters. The van der Waals surface area contributed by atoms with Gasteiger partial charge in [0.1, 0.15) is 11.9 Å². The van der Waals surface area contributed by atoms with Gasteiger partial charge in [-0.3, -0.25) is 4.79 Å². The minimum Gasteiger partial charge on any atom is -0.372 e. The zero-order chi connectivity index (χ0) is 13.7. The lowest BCUT2D eigenvalue weighted by Crippen LogP contribution is -2.38. The predicted octanol–water partition coefficient (Wildman–Crippen LogP) is 3.57. The minimum absolute atomic E-state index is 0.121. The Kier molecular flexibility index (Phi) is 5.88. The highest BCUT2D eigenvalue weighted by Gasteiger charge is 2.15. The van der Waals surface area contributed by atoms with E-state index in [1.165, 1.54) is 12.1 Å². The third-order valence-corrected chi connectivity index (χ3v) is 3.23. The van der Waals surface area contributed by atoms with Gasteiger partial charge >= 0.3 is 0 Å². The van der Waals surface area contributed by atoms with E-state index < -0.39 is 11.9 Å². The van der Waals surface area contributed by atoms with Crippen LogP contribution in [0, 0.1) is 5.82 Å². The summed E-state index contributed by atoms with van der Waals surface area (Å²) in [6.07, 6.45) is 0.874. The van der Waals surface area contributed by atoms with Crippen LogP contribution in [0.2, 0.25) is 5.02 Å². The van der Waals surface area contributed by atoms with E-state index in [1.54, 1.807) is 6.92 Å². The molecular weight excluding hydrogens is 322 g/mol. The van der Waals surface area contributed by atoms with Gasteiger partial charge < -0.3 is 10.6 Å². The first-order chi connectivity index (χ1) is 8.45. The summed E-state index contributed by atoms with van der Waals surface area (Å²) >= 11 is 9.13. The van der Waals surface area contributed by atoms with E-state index in [0.717, 1.165) is 6.42 Å². The maximum absolute atomic E-state index is 13.0. The third kappa shape index (κ3) is 4.14. The van der Waals surface area contributed by atoms with Gasteiger partial charge in [-0.25, -0.2) is 4.39 Å². The molecule has 0 fully saturated rings. The van der Waals surface area contributed by atoms with E-state index in [1.807, 2.05) is 6.92 Å². The van der Waals surface area contributed by atoms with Crippen molar-refractivity contribution >= 4 is 39.1 Å². The molecule has 1 rings (SSSR count). The van der Waals surface area contributed by atoms with Crippen molar-refractivity contribution in [3.05, 3.63) is 27.4 Å². The Bertz CT molecular complexity index is 419. The second kappa shape index (κ2) is 6.95. The Morgan fingerprint density at radius 2 is 2.22 bits per heavy atom. The number of anilines is 1. The van der Waals surface area contributed by atoms with Crippen LogP contribution in [0.3, 0.4) is 0 Å². The molecule has 0 spiro atoms. The van der Waals surface area contributed by atoms with E-state index in [4.69, 9.17) is 11.6 Å². The summed E-state index contributed by atoms with van der Waals surface area (Å²) in [6, 6.07) is 2.05. The van der Waals surface area contributed by atoms with Crippen molar-refractivity contribution in [1.29, 1.82) is 0 Å². The lowest BCUT2D eigenvalue weighted by molar-refractivity contribution is -0.121. The maximum Gasteiger partial charge on any atom is 0.242 e. The first-order valence-electron chi connectivity index (χ1n) is 5.64. The van der Waals surface area contributed by atoms with Crippen LogP contribution in [-0.4, -0.2) is 18.5 Å². The SMILES string of the molecule is CCCNC(=O)C(C)Nc1c(Cl)cc(F)cc1Br. The summed E-state index contributed by atoms with van der Waals surface area (Å²) in [5, 5.41) is 5.96. The average molecular weight is 338 g/mol. The monoisotopic (exact) mass is 336 g/mol. The van der Waals surface area contributed by atoms with Gasteiger partial charge in [-0.1, -0.05) is 18.5 Å². The summed E-state index contributed by atoms with van der Waals surface area (Å²) in [5.74, 6) is -0.551. The maximum atomic E-state index is 13.0. The molecule has 0 saturated heterocycles. The highest BCUT2D eigenvalue weighted by molar-refractivity contribution is 9.10. The van der Waals surface area contributed by atoms with E-state index in [0.29, 0.717) is 16.7 Å². The largest absolute Gasteiger partial charge is 0.372 e. The van der Waals surface area contributed by atoms with Crippen LogP contribution in [0.25, 0.3) is 0 Å². The highest BCUT2D eigenvalue weighted by Crippen LogP contribution is 2.32. The Morgan fingerprint density at radius 1 is 1.56 bits per heavy atom. The standard InChI is InChI=1S/C12H15BrClFN2O/c1-3-4-16-12(18)7(2)17-11-9(13)5-8(15)6-10(11)14/h5-7,17H,3-4H2,1-2H3,(H,16,18). The van der Waals surface area contributed by atoms with Gasteiger partial charge in [-0.2, -0.15) is 0 Å². The van der Waals surface area contributed by atoms with Gasteiger partial charge in [-0.05, 0) is 41.4 Å². The zero-order valence-electron chi connectivity index (χ0n) is 10.2. The van der Waals surface area contributed by atoms with Gasteiger partial charge in [0.05, 0.1) is 10.7 Å². The summed E-state index contributed by atoms with van der Waals surface area (Å²) < 4.78 is 13.5. The number of benzene rings is 1. The van der Waals surface area contributed by atoms with Crippen LogP contribution < -0.4 is 10.6 Å². The van der Waals surface area contributed by atoms with Crippen LogP contribution in [-0.2, 0) is 4.79 Å². The molecule has 18 heavy (non-hydrogen) atoms. The number of amides is 1. The lowest BCUT2D eigenvalue weighted by Gasteiger charge is -2.17. The third-order valence-electron chi connectivity index (χ3n) is 2.31. The lowest BCUT2D eigenvalue weighted by atomic mass is 10.2. The zero-order valence-corrected chi connectivity index (χ0v) is 12.5. The Hall–Kier alpha value is -0.810. The number of carbonyl (C=O) groups is 1. The molecule has 6 heteroatoms. The van der Waals surface area contributed by atoms with Gasteiger partial charge in [0, 0.05) is 11.0 Å². The van der Waals surface area contributed by atoms with Crippen molar-refractivity contribution in [2.24, 2.45) is 0 Å². The quantitative estimate of drug-likeness (QED) is 0.862. The average Bonchev–Trinajstić information content (AvgIpc) is 2.30. The topological polar surface area (TPSA) is 41.1 Å². The van der Waals surface area contributed by atoms with E-state index >= 15 is 0 Å². The molecule has 0 heterocycles. The first kappa shape index (κ1) is 15.2. The molecule has 1 aromatic carbocycles. The van der Waals surface area contributed by atoms with Crippen molar-refractivity contribution in [3.63, 3.8) is 0 Å².